The minimum atomic E-state index is -4.10. The van der Waals surface area contributed by atoms with E-state index < -0.39 is 26.3 Å². The van der Waals surface area contributed by atoms with E-state index in [1.54, 1.807) is 42.2 Å². The fourth-order valence-corrected chi connectivity index (χ4v) is 4.45. The molecule has 0 spiro atoms. The Morgan fingerprint density at radius 2 is 1.71 bits per heavy atom. The molecule has 0 bridgehead atoms. The number of amides is 1. The molecule has 1 heterocycles. The standard InChI is InChI=1S/C22H28FN3O4S/c1-16-9-10-20(17(23)15-16)31(28,29)24-18-7-5-6-8-19(18)25-11-13-26(14-12-25)21(27)30-22(2,3)4/h5-10,15,24H,11-14H2,1-4H3. The molecule has 9 heteroatoms. The molecule has 0 aromatic heterocycles. The maximum atomic E-state index is 14.3. The molecular formula is C22H28FN3O4S. The van der Waals surface area contributed by atoms with Gasteiger partial charge in [-0.15, -0.1) is 0 Å². The summed E-state index contributed by atoms with van der Waals surface area (Å²) in [7, 11) is -4.10. The van der Waals surface area contributed by atoms with Crippen molar-refractivity contribution < 1.29 is 22.3 Å². The van der Waals surface area contributed by atoms with Crippen molar-refractivity contribution in [1.29, 1.82) is 0 Å². The molecule has 0 saturated carbocycles. The van der Waals surface area contributed by atoms with E-state index >= 15 is 0 Å². The molecule has 1 N–H and O–H groups in total. The first kappa shape index (κ1) is 22.9. The number of rotatable bonds is 4. The molecular weight excluding hydrogens is 421 g/mol. The molecule has 0 unspecified atom stereocenters. The third-order valence-corrected chi connectivity index (χ3v) is 6.20. The lowest BCUT2D eigenvalue weighted by Crippen LogP contribution is -2.50. The van der Waals surface area contributed by atoms with Crippen molar-refractivity contribution in [3.05, 3.63) is 53.8 Å². The van der Waals surface area contributed by atoms with Gasteiger partial charge in [0.2, 0.25) is 0 Å². The molecule has 31 heavy (non-hydrogen) atoms. The van der Waals surface area contributed by atoms with Crippen LogP contribution < -0.4 is 9.62 Å². The van der Waals surface area contributed by atoms with Crippen LogP contribution in [-0.2, 0) is 14.8 Å². The van der Waals surface area contributed by atoms with E-state index in [1.165, 1.54) is 12.1 Å². The number of anilines is 2. The van der Waals surface area contributed by atoms with Crippen LogP contribution in [0.25, 0.3) is 0 Å². The van der Waals surface area contributed by atoms with E-state index in [4.69, 9.17) is 4.74 Å². The Balaban J connectivity index is 1.75. The third kappa shape index (κ3) is 5.66. The molecule has 1 amide bonds. The average molecular weight is 450 g/mol. The Kier molecular flexibility index (Phi) is 6.45. The van der Waals surface area contributed by atoms with E-state index in [2.05, 4.69) is 4.72 Å². The lowest BCUT2D eigenvalue weighted by atomic mass is 10.2. The molecule has 1 saturated heterocycles. The Bertz CT molecular complexity index is 1060. The molecule has 0 radical (unpaired) electrons. The van der Waals surface area contributed by atoms with Gasteiger partial charge in [-0.25, -0.2) is 17.6 Å². The summed E-state index contributed by atoms with van der Waals surface area (Å²) in [5.41, 5.74) is 1.10. The third-order valence-electron chi connectivity index (χ3n) is 4.80. The number of carbonyl (C=O) groups excluding carboxylic acids is 1. The number of para-hydroxylation sites is 2. The predicted molar refractivity (Wildman–Crippen MR) is 118 cm³/mol. The Morgan fingerprint density at radius 1 is 1.06 bits per heavy atom. The van der Waals surface area contributed by atoms with Crippen molar-refractivity contribution in [3.8, 4) is 0 Å². The van der Waals surface area contributed by atoms with Gasteiger partial charge in [0.15, 0.2) is 0 Å². The van der Waals surface area contributed by atoms with Gasteiger partial charge in [-0.05, 0) is 57.5 Å². The van der Waals surface area contributed by atoms with Crippen molar-refractivity contribution in [2.45, 2.75) is 38.2 Å². The number of aryl methyl sites for hydroxylation is 1. The lowest BCUT2D eigenvalue weighted by molar-refractivity contribution is 0.0240. The number of sulfonamides is 1. The number of piperazine rings is 1. The summed E-state index contributed by atoms with van der Waals surface area (Å²) in [6.07, 6.45) is -0.365. The van der Waals surface area contributed by atoms with Gasteiger partial charge in [0.05, 0.1) is 11.4 Å². The van der Waals surface area contributed by atoms with Crippen LogP contribution in [0.2, 0.25) is 0 Å². The molecule has 2 aromatic carbocycles. The topological polar surface area (TPSA) is 79.0 Å². The lowest BCUT2D eigenvalue weighted by Gasteiger charge is -2.37. The Hall–Kier alpha value is -2.81. The average Bonchev–Trinajstić information content (AvgIpc) is 2.66. The van der Waals surface area contributed by atoms with E-state index in [0.717, 1.165) is 0 Å². The molecule has 3 rings (SSSR count). The molecule has 1 aliphatic rings. The van der Waals surface area contributed by atoms with Crippen LogP contribution in [-0.4, -0.2) is 51.2 Å². The Labute approximate surface area is 182 Å². The van der Waals surface area contributed by atoms with Crippen molar-refractivity contribution >= 4 is 27.5 Å². The molecule has 1 aliphatic heterocycles. The fraction of sp³-hybridized carbons (Fsp3) is 0.409. The molecule has 0 atom stereocenters. The van der Waals surface area contributed by atoms with E-state index in [9.17, 15) is 17.6 Å². The van der Waals surface area contributed by atoms with Crippen LogP contribution in [0.4, 0.5) is 20.6 Å². The zero-order valence-electron chi connectivity index (χ0n) is 18.2. The summed E-state index contributed by atoms with van der Waals surface area (Å²) in [6, 6.07) is 11.0. The Morgan fingerprint density at radius 3 is 2.32 bits per heavy atom. The minimum Gasteiger partial charge on any atom is -0.444 e. The second-order valence-corrected chi connectivity index (χ2v) is 10.2. The number of nitrogens with one attached hydrogen (secondary N) is 1. The maximum Gasteiger partial charge on any atom is 0.410 e. The monoisotopic (exact) mass is 449 g/mol. The van der Waals surface area contributed by atoms with Crippen molar-refractivity contribution in [3.63, 3.8) is 0 Å². The summed E-state index contributed by atoms with van der Waals surface area (Å²) in [6.45, 7) is 9.07. The first-order valence-electron chi connectivity index (χ1n) is 10.1. The molecule has 1 fully saturated rings. The first-order chi connectivity index (χ1) is 14.5. The number of hydrogen-bond acceptors (Lipinski definition) is 5. The molecule has 0 aliphatic carbocycles. The number of ether oxygens (including phenoxy) is 1. The number of carbonyl (C=O) groups is 1. The van der Waals surface area contributed by atoms with Crippen LogP contribution in [0.15, 0.2) is 47.4 Å². The molecule has 2 aromatic rings. The number of halogens is 1. The predicted octanol–water partition coefficient (Wildman–Crippen LogP) is 3.99. The van der Waals surface area contributed by atoms with E-state index in [-0.39, 0.29) is 6.09 Å². The van der Waals surface area contributed by atoms with Gasteiger partial charge in [-0.3, -0.25) is 4.72 Å². The largest absolute Gasteiger partial charge is 0.444 e. The highest BCUT2D eigenvalue weighted by molar-refractivity contribution is 7.92. The number of nitrogens with zero attached hydrogens (tertiary/aromatic N) is 2. The summed E-state index contributed by atoms with van der Waals surface area (Å²) in [5, 5.41) is 0. The highest BCUT2D eigenvalue weighted by atomic mass is 32.2. The van der Waals surface area contributed by atoms with E-state index in [0.29, 0.717) is 43.1 Å². The van der Waals surface area contributed by atoms with Crippen molar-refractivity contribution in [1.82, 2.24) is 4.90 Å². The molecule has 7 nitrogen and oxygen atoms in total. The van der Waals surface area contributed by atoms with Gasteiger partial charge in [-0.2, -0.15) is 0 Å². The quantitative estimate of drug-likeness (QED) is 0.764. The minimum absolute atomic E-state index is 0.355. The van der Waals surface area contributed by atoms with Crippen molar-refractivity contribution in [2.75, 3.05) is 35.8 Å². The summed E-state index contributed by atoms with van der Waals surface area (Å²) in [5.74, 6) is -0.795. The number of benzene rings is 2. The second-order valence-electron chi connectivity index (χ2n) is 8.51. The smallest absolute Gasteiger partial charge is 0.410 e. The van der Waals surface area contributed by atoms with Crippen LogP contribution in [0.5, 0.6) is 0 Å². The summed E-state index contributed by atoms with van der Waals surface area (Å²) in [4.78, 5) is 15.5. The summed E-state index contributed by atoms with van der Waals surface area (Å²) >= 11 is 0. The summed E-state index contributed by atoms with van der Waals surface area (Å²) < 4.78 is 47.8. The zero-order valence-corrected chi connectivity index (χ0v) is 19.0. The fourth-order valence-electron chi connectivity index (χ4n) is 3.32. The van der Waals surface area contributed by atoms with E-state index in [1.807, 2.05) is 25.7 Å². The van der Waals surface area contributed by atoms with Crippen LogP contribution >= 0.6 is 0 Å². The van der Waals surface area contributed by atoms with Crippen LogP contribution in [0, 0.1) is 12.7 Å². The zero-order chi connectivity index (χ0) is 22.8. The van der Waals surface area contributed by atoms with Crippen LogP contribution in [0.1, 0.15) is 26.3 Å². The van der Waals surface area contributed by atoms with Gasteiger partial charge in [0, 0.05) is 26.2 Å². The normalized spacial score (nSPS) is 15.0. The van der Waals surface area contributed by atoms with Gasteiger partial charge < -0.3 is 14.5 Å². The maximum absolute atomic E-state index is 14.3. The first-order valence-corrected chi connectivity index (χ1v) is 11.6. The van der Waals surface area contributed by atoms with Gasteiger partial charge in [0.25, 0.3) is 10.0 Å². The van der Waals surface area contributed by atoms with Gasteiger partial charge in [-0.1, -0.05) is 18.2 Å². The van der Waals surface area contributed by atoms with Crippen molar-refractivity contribution in [2.24, 2.45) is 0 Å². The molecule has 168 valence electrons. The highest BCUT2D eigenvalue weighted by Crippen LogP contribution is 2.29. The van der Waals surface area contributed by atoms with Gasteiger partial charge >= 0.3 is 6.09 Å². The highest BCUT2D eigenvalue weighted by Gasteiger charge is 2.27. The number of hydrogen-bond donors (Lipinski definition) is 1. The second kappa shape index (κ2) is 8.74. The SMILES string of the molecule is Cc1ccc(S(=O)(=O)Nc2ccccc2N2CCN(C(=O)OC(C)(C)C)CC2)c(F)c1. The van der Waals surface area contributed by atoms with Crippen LogP contribution in [0.3, 0.4) is 0 Å². The van der Waals surface area contributed by atoms with Gasteiger partial charge in [0.1, 0.15) is 16.3 Å².